The number of hydrogen-bond acceptors (Lipinski definition) is 5. The van der Waals surface area contributed by atoms with Gasteiger partial charge in [-0.2, -0.15) is 0 Å². The monoisotopic (exact) mass is 393 g/mol. The van der Waals surface area contributed by atoms with E-state index in [9.17, 15) is 13.2 Å². The van der Waals surface area contributed by atoms with Gasteiger partial charge in [-0.25, -0.2) is 8.42 Å². The minimum Gasteiger partial charge on any atom is -0.353 e. The average Bonchev–Trinajstić information content (AvgIpc) is 3.28. The first-order valence-electron chi connectivity index (χ1n) is 8.62. The van der Waals surface area contributed by atoms with Crippen molar-refractivity contribution in [1.29, 1.82) is 0 Å². The Bertz CT molecular complexity index is 833. The van der Waals surface area contributed by atoms with Crippen molar-refractivity contribution in [2.75, 3.05) is 11.3 Å². The number of nitrogens with one attached hydrogen (secondary N) is 2. The van der Waals surface area contributed by atoms with Gasteiger partial charge in [-0.3, -0.25) is 9.52 Å². The highest BCUT2D eigenvalue weighted by Crippen LogP contribution is 2.25. The van der Waals surface area contributed by atoms with Crippen LogP contribution in [0.3, 0.4) is 0 Å². The van der Waals surface area contributed by atoms with E-state index in [2.05, 4.69) is 10.0 Å². The molecule has 1 aromatic heterocycles. The molecule has 0 radical (unpaired) electrons. The van der Waals surface area contributed by atoms with Crippen LogP contribution in [-0.4, -0.2) is 26.9 Å². The van der Waals surface area contributed by atoms with Gasteiger partial charge in [0.15, 0.2) is 0 Å². The lowest BCUT2D eigenvalue weighted by molar-refractivity contribution is -0.121. The molecule has 0 bridgehead atoms. The van der Waals surface area contributed by atoms with Crippen LogP contribution in [0.4, 0.5) is 5.69 Å². The van der Waals surface area contributed by atoms with E-state index in [0.29, 0.717) is 18.2 Å². The van der Waals surface area contributed by atoms with E-state index in [0.717, 1.165) is 24.8 Å². The minimum atomic E-state index is -3.55. The van der Waals surface area contributed by atoms with Crippen LogP contribution in [0.25, 0.3) is 0 Å². The molecule has 3 rings (SSSR count). The van der Waals surface area contributed by atoms with Crippen molar-refractivity contribution >= 4 is 33.0 Å². The van der Waals surface area contributed by atoms with E-state index in [1.54, 1.807) is 41.8 Å². The number of carbonyl (C=O) groups is 1. The summed E-state index contributed by atoms with van der Waals surface area (Å²) in [6.45, 7) is 0.601. The molecule has 6 nitrogen and oxygen atoms in total. The number of nitrogens with two attached hydrogens (primary N) is 1. The number of hydrogen-bond donors (Lipinski definition) is 3. The van der Waals surface area contributed by atoms with E-state index in [-0.39, 0.29) is 22.6 Å². The third-order valence-corrected chi connectivity index (χ3v) is 7.42. The summed E-state index contributed by atoms with van der Waals surface area (Å²) in [7, 11) is -3.55. The normalized spacial score (nSPS) is 20.0. The highest BCUT2D eigenvalue weighted by Gasteiger charge is 2.27. The quantitative estimate of drug-likeness (QED) is 0.672. The molecule has 8 heteroatoms. The Labute approximate surface area is 157 Å². The summed E-state index contributed by atoms with van der Waals surface area (Å²) in [6.07, 6.45) is 3.43. The molecule has 0 saturated heterocycles. The molecule has 1 aromatic carbocycles. The molecule has 1 heterocycles. The molecule has 1 aliphatic carbocycles. The molecule has 1 aliphatic rings. The van der Waals surface area contributed by atoms with Crippen molar-refractivity contribution in [3.05, 3.63) is 47.3 Å². The maximum Gasteiger partial charge on any atom is 0.271 e. The zero-order chi connectivity index (χ0) is 18.6. The highest BCUT2D eigenvalue weighted by molar-refractivity contribution is 7.94. The van der Waals surface area contributed by atoms with Gasteiger partial charge in [-0.05, 0) is 54.4 Å². The fraction of sp³-hybridized carbons (Fsp3) is 0.389. The predicted octanol–water partition coefficient (Wildman–Crippen LogP) is 2.33. The van der Waals surface area contributed by atoms with Gasteiger partial charge in [-0.15, -0.1) is 11.3 Å². The maximum absolute atomic E-state index is 12.2. The molecule has 4 N–H and O–H groups in total. The van der Waals surface area contributed by atoms with Gasteiger partial charge < -0.3 is 11.1 Å². The van der Waals surface area contributed by atoms with Gasteiger partial charge in [0.05, 0.1) is 6.42 Å². The predicted molar refractivity (Wildman–Crippen MR) is 104 cm³/mol. The van der Waals surface area contributed by atoms with Crippen molar-refractivity contribution in [2.45, 2.75) is 35.9 Å². The van der Waals surface area contributed by atoms with Crippen molar-refractivity contribution in [2.24, 2.45) is 11.7 Å². The lowest BCUT2D eigenvalue weighted by Crippen LogP contribution is -2.40. The van der Waals surface area contributed by atoms with E-state index in [1.807, 2.05) is 0 Å². The number of benzene rings is 1. The van der Waals surface area contributed by atoms with Crippen molar-refractivity contribution in [3.8, 4) is 0 Å². The summed E-state index contributed by atoms with van der Waals surface area (Å²) >= 11 is 1.17. The van der Waals surface area contributed by atoms with Crippen LogP contribution in [-0.2, 0) is 21.2 Å². The van der Waals surface area contributed by atoms with Crippen LogP contribution in [0.2, 0.25) is 0 Å². The van der Waals surface area contributed by atoms with Crippen LogP contribution >= 0.6 is 11.3 Å². The van der Waals surface area contributed by atoms with Crippen LogP contribution in [0.5, 0.6) is 0 Å². The maximum atomic E-state index is 12.2. The zero-order valence-corrected chi connectivity index (χ0v) is 16.0. The third-order valence-electron chi connectivity index (χ3n) is 4.64. The lowest BCUT2D eigenvalue weighted by Gasteiger charge is -2.19. The Morgan fingerprint density at radius 3 is 2.62 bits per heavy atom. The first kappa shape index (κ1) is 18.9. The van der Waals surface area contributed by atoms with Gasteiger partial charge in [0.2, 0.25) is 5.91 Å². The number of amides is 1. The summed E-state index contributed by atoms with van der Waals surface area (Å²) in [5, 5.41) is 4.79. The molecule has 0 aliphatic heterocycles. The second-order valence-electron chi connectivity index (χ2n) is 6.51. The molecule has 1 amide bonds. The first-order valence-corrected chi connectivity index (χ1v) is 11.0. The van der Waals surface area contributed by atoms with Gasteiger partial charge >= 0.3 is 0 Å². The van der Waals surface area contributed by atoms with Gasteiger partial charge in [0.1, 0.15) is 4.21 Å². The number of anilines is 1. The standard InChI is InChI=1S/C18H23N3O3S2/c19-12-14-3-1-4-16(14)20-17(22)11-13-6-8-15(9-7-13)21-26(23,24)18-5-2-10-25-18/h2,5-10,14,16,21H,1,3-4,11-12,19H2,(H,20,22). The smallest absolute Gasteiger partial charge is 0.271 e. The largest absolute Gasteiger partial charge is 0.353 e. The summed E-state index contributed by atoms with van der Waals surface area (Å²) in [6, 6.07) is 10.3. The topological polar surface area (TPSA) is 101 Å². The molecule has 1 fully saturated rings. The van der Waals surface area contributed by atoms with E-state index < -0.39 is 10.0 Å². The fourth-order valence-electron chi connectivity index (χ4n) is 3.26. The number of sulfonamides is 1. The first-order chi connectivity index (χ1) is 12.5. The molecular weight excluding hydrogens is 370 g/mol. The van der Waals surface area contributed by atoms with Crippen LogP contribution in [0.15, 0.2) is 46.0 Å². The van der Waals surface area contributed by atoms with Gasteiger partial charge in [-0.1, -0.05) is 24.6 Å². The number of carbonyl (C=O) groups excluding carboxylic acids is 1. The second kappa shape index (κ2) is 8.20. The Morgan fingerprint density at radius 1 is 1.19 bits per heavy atom. The summed E-state index contributed by atoms with van der Waals surface area (Å²) in [5.74, 6) is 0.343. The molecule has 2 unspecified atom stereocenters. The van der Waals surface area contributed by atoms with Crippen LogP contribution < -0.4 is 15.8 Å². The van der Waals surface area contributed by atoms with E-state index in [1.165, 1.54) is 11.3 Å². The number of rotatable bonds is 7. The average molecular weight is 394 g/mol. The highest BCUT2D eigenvalue weighted by atomic mass is 32.2. The second-order valence-corrected chi connectivity index (χ2v) is 9.37. The fourth-order valence-corrected chi connectivity index (χ4v) is 5.32. The number of thiophene rings is 1. The van der Waals surface area contributed by atoms with Gasteiger partial charge in [0, 0.05) is 11.7 Å². The zero-order valence-electron chi connectivity index (χ0n) is 14.4. The Hall–Kier alpha value is -1.90. The van der Waals surface area contributed by atoms with Gasteiger partial charge in [0.25, 0.3) is 10.0 Å². The Kier molecular flexibility index (Phi) is 5.95. The van der Waals surface area contributed by atoms with Crippen molar-refractivity contribution in [3.63, 3.8) is 0 Å². The molecule has 2 atom stereocenters. The lowest BCUT2D eigenvalue weighted by atomic mass is 10.0. The van der Waals surface area contributed by atoms with Crippen LogP contribution in [0, 0.1) is 5.92 Å². The summed E-state index contributed by atoms with van der Waals surface area (Å²) < 4.78 is 27.2. The summed E-state index contributed by atoms with van der Waals surface area (Å²) in [5.41, 5.74) is 7.06. The molecular formula is C18H23N3O3S2. The molecule has 0 spiro atoms. The SMILES string of the molecule is NCC1CCCC1NC(=O)Cc1ccc(NS(=O)(=O)c2cccs2)cc1. The molecule has 140 valence electrons. The van der Waals surface area contributed by atoms with E-state index >= 15 is 0 Å². The van der Waals surface area contributed by atoms with Crippen molar-refractivity contribution < 1.29 is 13.2 Å². The van der Waals surface area contributed by atoms with E-state index in [4.69, 9.17) is 5.73 Å². The summed E-state index contributed by atoms with van der Waals surface area (Å²) in [4.78, 5) is 12.2. The third kappa shape index (κ3) is 4.63. The Morgan fingerprint density at radius 2 is 1.96 bits per heavy atom. The molecule has 2 aromatic rings. The minimum absolute atomic E-state index is 0.0257. The molecule has 1 saturated carbocycles. The Balaban J connectivity index is 1.57. The van der Waals surface area contributed by atoms with Crippen LogP contribution in [0.1, 0.15) is 24.8 Å². The van der Waals surface area contributed by atoms with Crippen molar-refractivity contribution in [1.82, 2.24) is 5.32 Å². The molecule has 26 heavy (non-hydrogen) atoms.